The number of benzene rings is 1. The maximum atomic E-state index is 13.6. The van der Waals surface area contributed by atoms with Gasteiger partial charge in [-0.05, 0) is 44.0 Å². The standard InChI is InChI=1S/C22H29FN4O9S/c1-5-33-12-19-18(32-4)10-27(6-7-34-19)37(30,31)26-20(28)17-11-35-22(25-17)36-21(29)24-16-9-13(2)15(23)8-14(16)3/h8-9,11,18-19H,5-7,10,12H2,1-4H3,(H,24,29)(H,26,28)/t18-,19+/m0/s1. The molecule has 204 valence electrons. The van der Waals surface area contributed by atoms with Gasteiger partial charge in [0.1, 0.15) is 18.2 Å². The fourth-order valence-corrected chi connectivity index (χ4v) is 4.56. The summed E-state index contributed by atoms with van der Waals surface area (Å²) in [6.07, 6.45) is -1.88. The minimum Gasteiger partial charge on any atom is -0.416 e. The van der Waals surface area contributed by atoms with Gasteiger partial charge in [0, 0.05) is 32.5 Å². The van der Waals surface area contributed by atoms with E-state index in [-0.39, 0.29) is 26.3 Å². The third-order valence-electron chi connectivity index (χ3n) is 5.46. The molecule has 1 aromatic carbocycles. The highest BCUT2D eigenvalue weighted by atomic mass is 32.2. The highest BCUT2D eigenvalue weighted by Crippen LogP contribution is 2.20. The van der Waals surface area contributed by atoms with Gasteiger partial charge in [0.2, 0.25) is 0 Å². The van der Waals surface area contributed by atoms with Crippen molar-refractivity contribution < 1.29 is 45.8 Å². The third-order valence-corrected chi connectivity index (χ3v) is 6.91. The topological polar surface area (TPSA) is 159 Å². The first kappa shape index (κ1) is 28.5. The zero-order chi connectivity index (χ0) is 27.2. The minimum atomic E-state index is -4.31. The molecule has 1 aromatic heterocycles. The molecule has 1 aliphatic heterocycles. The first-order valence-corrected chi connectivity index (χ1v) is 12.7. The average molecular weight is 545 g/mol. The summed E-state index contributed by atoms with van der Waals surface area (Å²) in [5.74, 6) is -1.53. The number of nitrogens with one attached hydrogen (secondary N) is 2. The quantitative estimate of drug-likeness (QED) is 0.476. The average Bonchev–Trinajstić information content (AvgIpc) is 3.19. The van der Waals surface area contributed by atoms with Crippen LogP contribution >= 0.6 is 0 Å². The van der Waals surface area contributed by atoms with Crippen LogP contribution in [-0.4, -0.2) is 81.9 Å². The molecule has 1 fully saturated rings. The number of nitrogens with zero attached hydrogens (tertiary/aromatic N) is 2. The number of methoxy groups -OCH3 is 1. The predicted octanol–water partition coefficient (Wildman–Crippen LogP) is 1.77. The fourth-order valence-electron chi connectivity index (χ4n) is 3.43. The van der Waals surface area contributed by atoms with Gasteiger partial charge in [0.25, 0.3) is 5.91 Å². The second-order valence-corrected chi connectivity index (χ2v) is 9.74. The van der Waals surface area contributed by atoms with E-state index in [0.29, 0.717) is 23.4 Å². The number of aryl methyl sites for hydroxylation is 2. The molecule has 37 heavy (non-hydrogen) atoms. The van der Waals surface area contributed by atoms with E-state index >= 15 is 0 Å². The van der Waals surface area contributed by atoms with Crippen LogP contribution in [-0.2, 0) is 24.4 Å². The molecule has 2 atom stereocenters. The van der Waals surface area contributed by atoms with E-state index in [2.05, 4.69) is 10.3 Å². The molecule has 2 aromatic rings. The van der Waals surface area contributed by atoms with Crippen LogP contribution in [0.5, 0.6) is 6.08 Å². The van der Waals surface area contributed by atoms with Crippen molar-refractivity contribution in [3.8, 4) is 6.08 Å². The molecule has 1 saturated heterocycles. The molecule has 2 amide bonds. The number of ether oxygens (including phenoxy) is 4. The largest absolute Gasteiger partial charge is 0.420 e. The van der Waals surface area contributed by atoms with Crippen LogP contribution in [0.3, 0.4) is 0 Å². The van der Waals surface area contributed by atoms with Gasteiger partial charge >= 0.3 is 22.4 Å². The molecule has 15 heteroatoms. The molecule has 0 aliphatic carbocycles. The Kier molecular flexibility index (Phi) is 9.56. The van der Waals surface area contributed by atoms with E-state index in [0.717, 1.165) is 10.6 Å². The molecule has 0 radical (unpaired) electrons. The Morgan fingerprint density at radius 1 is 1.27 bits per heavy atom. The first-order valence-electron chi connectivity index (χ1n) is 11.3. The van der Waals surface area contributed by atoms with Crippen LogP contribution in [0, 0.1) is 19.7 Å². The van der Waals surface area contributed by atoms with Crippen molar-refractivity contribution in [2.45, 2.75) is 33.0 Å². The normalized spacial score (nSPS) is 18.7. The third kappa shape index (κ3) is 7.45. The number of oxazole rings is 1. The number of hydrogen-bond acceptors (Lipinski definition) is 10. The number of rotatable bonds is 9. The fraction of sp³-hybridized carbons (Fsp3) is 0.500. The van der Waals surface area contributed by atoms with Gasteiger partial charge < -0.3 is 23.4 Å². The Morgan fingerprint density at radius 3 is 2.73 bits per heavy atom. The van der Waals surface area contributed by atoms with Crippen molar-refractivity contribution in [3.63, 3.8) is 0 Å². The summed E-state index contributed by atoms with van der Waals surface area (Å²) in [6.45, 7) is 5.60. The predicted molar refractivity (Wildman–Crippen MR) is 127 cm³/mol. The molecule has 0 unspecified atom stereocenters. The Hall–Kier alpha value is -3.11. The van der Waals surface area contributed by atoms with Crippen molar-refractivity contribution in [2.75, 3.05) is 45.3 Å². The minimum absolute atomic E-state index is 0.0271. The van der Waals surface area contributed by atoms with Gasteiger partial charge in [0.05, 0.1) is 19.3 Å². The Labute approximate surface area is 213 Å². The van der Waals surface area contributed by atoms with E-state index in [4.69, 9.17) is 23.4 Å². The number of amides is 2. The Balaban J connectivity index is 1.61. The molecule has 0 saturated carbocycles. The molecular formula is C22H29FN4O9S. The summed E-state index contributed by atoms with van der Waals surface area (Å²) in [5, 5.41) is 2.41. The number of halogens is 1. The second kappa shape index (κ2) is 12.4. The molecule has 3 rings (SSSR count). The molecular weight excluding hydrogens is 515 g/mol. The van der Waals surface area contributed by atoms with Crippen molar-refractivity contribution in [1.29, 1.82) is 0 Å². The van der Waals surface area contributed by atoms with E-state index in [9.17, 15) is 22.4 Å². The summed E-state index contributed by atoms with van der Waals surface area (Å²) in [5.41, 5.74) is 0.633. The maximum Gasteiger partial charge on any atom is 0.420 e. The van der Waals surface area contributed by atoms with Crippen LogP contribution in [0.25, 0.3) is 0 Å². The van der Waals surface area contributed by atoms with Crippen molar-refractivity contribution >= 4 is 27.9 Å². The van der Waals surface area contributed by atoms with Crippen molar-refractivity contribution in [3.05, 3.63) is 41.0 Å². The number of anilines is 1. The second-order valence-electron chi connectivity index (χ2n) is 8.07. The van der Waals surface area contributed by atoms with Gasteiger partial charge in [-0.15, -0.1) is 0 Å². The van der Waals surface area contributed by atoms with Crippen LogP contribution in [0.15, 0.2) is 22.8 Å². The zero-order valence-electron chi connectivity index (χ0n) is 20.8. The van der Waals surface area contributed by atoms with E-state index < -0.39 is 52.0 Å². The lowest BCUT2D eigenvalue weighted by molar-refractivity contribution is -0.0777. The SMILES string of the molecule is CCOC[C@H]1OCCN(S(=O)(=O)NC(=O)c2coc(OC(=O)Nc3cc(C)c(F)cc3C)n2)C[C@@H]1OC. The highest BCUT2D eigenvalue weighted by Gasteiger charge is 2.35. The lowest BCUT2D eigenvalue weighted by Gasteiger charge is -2.25. The van der Waals surface area contributed by atoms with Gasteiger partial charge in [0.15, 0.2) is 5.69 Å². The molecule has 1 aliphatic rings. The van der Waals surface area contributed by atoms with E-state index in [1.165, 1.54) is 26.2 Å². The molecule has 13 nitrogen and oxygen atoms in total. The maximum absolute atomic E-state index is 13.6. The van der Waals surface area contributed by atoms with Crippen LogP contribution in [0.1, 0.15) is 28.5 Å². The smallest absolute Gasteiger partial charge is 0.416 e. The van der Waals surface area contributed by atoms with Crippen molar-refractivity contribution in [2.24, 2.45) is 0 Å². The summed E-state index contributed by atoms with van der Waals surface area (Å²) >= 11 is 0. The number of carbonyl (C=O) groups excluding carboxylic acids is 2. The molecule has 2 heterocycles. The van der Waals surface area contributed by atoms with Crippen LogP contribution in [0.2, 0.25) is 0 Å². The van der Waals surface area contributed by atoms with Gasteiger partial charge in [-0.1, -0.05) is 0 Å². The summed E-state index contributed by atoms with van der Waals surface area (Å²) in [4.78, 5) is 28.4. The Morgan fingerprint density at radius 2 is 2.03 bits per heavy atom. The summed E-state index contributed by atoms with van der Waals surface area (Å²) in [6, 6.07) is 2.68. The lowest BCUT2D eigenvalue weighted by atomic mass is 10.1. The Bertz CT molecular complexity index is 1220. The van der Waals surface area contributed by atoms with Gasteiger partial charge in [-0.3, -0.25) is 10.1 Å². The number of hydrogen-bond donors (Lipinski definition) is 2. The first-order chi connectivity index (χ1) is 17.5. The summed E-state index contributed by atoms with van der Waals surface area (Å²) < 4.78 is 68.5. The molecule has 0 bridgehead atoms. The highest BCUT2D eigenvalue weighted by molar-refractivity contribution is 7.87. The number of aromatic nitrogens is 1. The molecule has 2 N–H and O–H groups in total. The monoisotopic (exact) mass is 544 g/mol. The van der Waals surface area contributed by atoms with Gasteiger partial charge in [-0.25, -0.2) is 13.9 Å². The van der Waals surface area contributed by atoms with Crippen LogP contribution in [0.4, 0.5) is 14.9 Å². The zero-order valence-corrected chi connectivity index (χ0v) is 21.6. The van der Waals surface area contributed by atoms with Crippen molar-refractivity contribution in [1.82, 2.24) is 14.0 Å². The van der Waals surface area contributed by atoms with E-state index in [1.54, 1.807) is 6.92 Å². The lowest BCUT2D eigenvalue weighted by Crippen LogP contribution is -2.48. The van der Waals surface area contributed by atoms with Crippen LogP contribution < -0.4 is 14.8 Å². The number of carbonyl (C=O) groups is 2. The van der Waals surface area contributed by atoms with Gasteiger partial charge in [-0.2, -0.15) is 17.7 Å². The summed E-state index contributed by atoms with van der Waals surface area (Å²) in [7, 11) is -2.88. The molecule has 0 spiro atoms. The van der Waals surface area contributed by atoms with E-state index in [1.807, 2.05) is 11.6 Å².